The molecule has 0 aliphatic carbocycles. The predicted octanol–water partition coefficient (Wildman–Crippen LogP) is 2.22. The topological polar surface area (TPSA) is 32.5 Å². The molecule has 0 radical (unpaired) electrons. The molecule has 1 heterocycles. The minimum absolute atomic E-state index is 0.103. The molecule has 1 aliphatic rings. The van der Waals surface area contributed by atoms with Crippen LogP contribution < -0.4 is 5.73 Å². The molecule has 0 bridgehead atoms. The molecule has 0 spiro atoms. The molecule has 2 atom stereocenters. The van der Waals surface area contributed by atoms with Gasteiger partial charge >= 0.3 is 0 Å². The second-order valence-corrected chi connectivity index (χ2v) is 6.74. The summed E-state index contributed by atoms with van der Waals surface area (Å²) in [6.45, 7) is 3.20. The minimum atomic E-state index is 0.103. The molecular weight excluding hydrogens is 326 g/mol. The van der Waals surface area contributed by atoms with Crippen molar-refractivity contribution in [2.45, 2.75) is 18.5 Å². The van der Waals surface area contributed by atoms with E-state index in [0.717, 1.165) is 41.1 Å². The van der Waals surface area contributed by atoms with Crippen molar-refractivity contribution in [3.05, 3.63) is 33.3 Å². The quantitative estimate of drug-likeness (QED) is 0.911. The molecule has 1 fully saturated rings. The second-order valence-electron chi connectivity index (χ2n) is 5.41. The van der Waals surface area contributed by atoms with Crippen molar-refractivity contribution in [2.75, 3.05) is 33.7 Å². The zero-order valence-corrected chi connectivity index (χ0v) is 13.8. The summed E-state index contributed by atoms with van der Waals surface area (Å²) in [5, 5.41) is 0.789. The number of nitrogens with two attached hydrogens (primary N) is 1. The Morgan fingerprint density at radius 2 is 2.16 bits per heavy atom. The Bertz CT molecular complexity index is 441. The van der Waals surface area contributed by atoms with Crippen LogP contribution in [0, 0.1) is 0 Å². The van der Waals surface area contributed by atoms with Crippen molar-refractivity contribution in [2.24, 2.45) is 5.73 Å². The molecule has 106 valence electrons. The SMILES string of the molecule is CN1CCN(C)C(C(N)Cc2ccc(Br)cc2Cl)C1. The molecule has 2 N–H and O–H groups in total. The summed E-state index contributed by atoms with van der Waals surface area (Å²) in [7, 11) is 4.31. The highest BCUT2D eigenvalue weighted by molar-refractivity contribution is 9.10. The maximum atomic E-state index is 6.40. The largest absolute Gasteiger partial charge is 0.326 e. The van der Waals surface area contributed by atoms with Gasteiger partial charge in [0.25, 0.3) is 0 Å². The smallest absolute Gasteiger partial charge is 0.0449 e. The molecule has 1 aliphatic heterocycles. The average Bonchev–Trinajstić information content (AvgIpc) is 2.35. The maximum absolute atomic E-state index is 6.40. The first-order chi connectivity index (χ1) is 8.97. The van der Waals surface area contributed by atoms with Gasteiger partial charge in [0.1, 0.15) is 0 Å². The molecule has 1 aromatic rings. The third-order valence-electron chi connectivity index (χ3n) is 3.86. The molecule has 0 saturated carbocycles. The molecule has 0 amide bonds. The van der Waals surface area contributed by atoms with E-state index in [1.54, 1.807) is 0 Å². The van der Waals surface area contributed by atoms with Crippen molar-refractivity contribution in [1.82, 2.24) is 9.80 Å². The summed E-state index contributed by atoms with van der Waals surface area (Å²) in [5.41, 5.74) is 7.53. The van der Waals surface area contributed by atoms with E-state index in [0.29, 0.717) is 6.04 Å². The van der Waals surface area contributed by atoms with E-state index in [4.69, 9.17) is 17.3 Å². The van der Waals surface area contributed by atoms with E-state index in [2.05, 4.69) is 45.9 Å². The lowest BCUT2D eigenvalue weighted by atomic mass is 9.97. The number of piperazine rings is 1. The molecule has 1 saturated heterocycles. The van der Waals surface area contributed by atoms with Crippen LogP contribution in [0.25, 0.3) is 0 Å². The lowest BCUT2D eigenvalue weighted by Crippen LogP contribution is -2.58. The van der Waals surface area contributed by atoms with Crippen LogP contribution in [-0.2, 0) is 6.42 Å². The van der Waals surface area contributed by atoms with Crippen LogP contribution in [0.1, 0.15) is 5.56 Å². The Morgan fingerprint density at radius 3 is 2.84 bits per heavy atom. The van der Waals surface area contributed by atoms with Crippen molar-refractivity contribution < 1.29 is 0 Å². The number of benzene rings is 1. The molecule has 1 aromatic carbocycles. The van der Waals surface area contributed by atoms with Crippen LogP contribution in [0.4, 0.5) is 0 Å². The Hall–Kier alpha value is -0.130. The summed E-state index contributed by atoms with van der Waals surface area (Å²) in [4.78, 5) is 4.70. The van der Waals surface area contributed by atoms with Gasteiger partial charge in [-0.25, -0.2) is 0 Å². The fourth-order valence-corrected chi connectivity index (χ4v) is 3.33. The Balaban J connectivity index is 2.05. The van der Waals surface area contributed by atoms with E-state index in [1.165, 1.54) is 0 Å². The maximum Gasteiger partial charge on any atom is 0.0449 e. The van der Waals surface area contributed by atoms with Crippen molar-refractivity contribution >= 4 is 27.5 Å². The fourth-order valence-electron chi connectivity index (χ4n) is 2.58. The molecule has 3 nitrogen and oxygen atoms in total. The summed E-state index contributed by atoms with van der Waals surface area (Å²) in [6.07, 6.45) is 0.814. The van der Waals surface area contributed by atoms with E-state index < -0.39 is 0 Å². The van der Waals surface area contributed by atoms with Gasteiger partial charge in [0.2, 0.25) is 0 Å². The van der Waals surface area contributed by atoms with Crippen LogP contribution in [-0.4, -0.2) is 55.6 Å². The predicted molar refractivity (Wildman–Crippen MR) is 84.7 cm³/mol. The summed E-state index contributed by atoms with van der Waals surface area (Å²) < 4.78 is 1.00. The van der Waals surface area contributed by atoms with Gasteiger partial charge in [-0.3, -0.25) is 4.90 Å². The van der Waals surface area contributed by atoms with Gasteiger partial charge in [-0.05, 0) is 38.2 Å². The second kappa shape index (κ2) is 6.55. The Morgan fingerprint density at radius 1 is 1.42 bits per heavy atom. The fraction of sp³-hybridized carbons (Fsp3) is 0.571. The number of nitrogens with zero attached hydrogens (tertiary/aromatic N) is 2. The summed E-state index contributed by atoms with van der Waals surface area (Å²) >= 11 is 9.69. The van der Waals surface area contributed by atoms with E-state index in [-0.39, 0.29) is 6.04 Å². The first-order valence-corrected chi connectivity index (χ1v) is 7.72. The zero-order valence-electron chi connectivity index (χ0n) is 11.4. The van der Waals surface area contributed by atoms with Gasteiger partial charge in [-0.2, -0.15) is 0 Å². The van der Waals surface area contributed by atoms with Gasteiger partial charge in [0, 0.05) is 41.2 Å². The lowest BCUT2D eigenvalue weighted by Gasteiger charge is -2.40. The molecule has 2 rings (SSSR count). The summed E-state index contributed by atoms with van der Waals surface area (Å²) in [6, 6.07) is 6.49. The third kappa shape index (κ3) is 3.92. The van der Waals surface area contributed by atoms with Crippen LogP contribution >= 0.6 is 27.5 Å². The highest BCUT2D eigenvalue weighted by Crippen LogP contribution is 2.23. The van der Waals surface area contributed by atoms with E-state index in [9.17, 15) is 0 Å². The Kier molecular flexibility index (Phi) is 5.26. The number of hydrogen-bond acceptors (Lipinski definition) is 3. The zero-order chi connectivity index (χ0) is 14.0. The normalized spacial score (nSPS) is 23.5. The summed E-state index contributed by atoms with van der Waals surface area (Å²) in [5.74, 6) is 0. The van der Waals surface area contributed by atoms with Gasteiger partial charge in [-0.1, -0.05) is 33.6 Å². The average molecular weight is 347 g/mol. The Labute approximate surface area is 128 Å². The molecule has 19 heavy (non-hydrogen) atoms. The number of rotatable bonds is 3. The number of likely N-dealkylation sites (N-methyl/N-ethyl adjacent to an activating group) is 2. The molecule has 0 aromatic heterocycles. The third-order valence-corrected chi connectivity index (χ3v) is 4.71. The monoisotopic (exact) mass is 345 g/mol. The molecular formula is C14H21BrClN3. The molecule has 5 heteroatoms. The first kappa shape index (κ1) is 15.3. The van der Waals surface area contributed by atoms with Crippen LogP contribution in [0.2, 0.25) is 5.02 Å². The van der Waals surface area contributed by atoms with E-state index >= 15 is 0 Å². The standard InChI is InChI=1S/C14H21BrClN3/c1-18-5-6-19(2)14(9-18)13(17)7-10-3-4-11(15)8-12(10)16/h3-4,8,13-14H,5-7,9,17H2,1-2H3. The van der Waals surface area contributed by atoms with Crippen molar-refractivity contribution in [1.29, 1.82) is 0 Å². The minimum Gasteiger partial charge on any atom is -0.326 e. The van der Waals surface area contributed by atoms with Crippen molar-refractivity contribution in [3.63, 3.8) is 0 Å². The number of hydrogen-bond donors (Lipinski definition) is 1. The van der Waals surface area contributed by atoms with Crippen LogP contribution in [0.3, 0.4) is 0 Å². The first-order valence-electron chi connectivity index (χ1n) is 6.55. The lowest BCUT2D eigenvalue weighted by molar-refractivity contribution is 0.0973. The van der Waals surface area contributed by atoms with Crippen molar-refractivity contribution in [3.8, 4) is 0 Å². The van der Waals surface area contributed by atoms with E-state index in [1.807, 2.05) is 12.1 Å². The highest BCUT2D eigenvalue weighted by Gasteiger charge is 2.27. The van der Waals surface area contributed by atoms with Crippen LogP contribution in [0.15, 0.2) is 22.7 Å². The van der Waals surface area contributed by atoms with Crippen LogP contribution in [0.5, 0.6) is 0 Å². The van der Waals surface area contributed by atoms with Gasteiger partial charge in [-0.15, -0.1) is 0 Å². The van der Waals surface area contributed by atoms with Gasteiger partial charge in [0.05, 0.1) is 0 Å². The van der Waals surface area contributed by atoms with Gasteiger partial charge < -0.3 is 10.6 Å². The van der Waals surface area contributed by atoms with Gasteiger partial charge in [0.15, 0.2) is 0 Å². The highest BCUT2D eigenvalue weighted by atomic mass is 79.9. The molecule has 2 unspecified atom stereocenters. The number of halogens is 2.